The molecule has 1 aromatic carbocycles. The van der Waals surface area contributed by atoms with Gasteiger partial charge in [0.25, 0.3) is 12.3 Å². The zero-order valence-electron chi connectivity index (χ0n) is 24.0. The molecule has 44 heavy (non-hydrogen) atoms. The van der Waals surface area contributed by atoms with Crippen LogP contribution in [0.1, 0.15) is 65.2 Å². The number of carbonyl (C=O) groups is 1. The Labute approximate surface area is 254 Å². The van der Waals surface area contributed by atoms with Gasteiger partial charge in [-0.3, -0.25) is 9.20 Å². The Morgan fingerprint density at radius 2 is 1.95 bits per heavy atom. The molecule has 0 amide bonds. The number of aromatic nitrogens is 4. The van der Waals surface area contributed by atoms with Crippen molar-refractivity contribution in [2.75, 3.05) is 19.8 Å². The topological polar surface area (TPSA) is 125 Å². The van der Waals surface area contributed by atoms with Gasteiger partial charge in [0, 0.05) is 31.0 Å². The van der Waals surface area contributed by atoms with E-state index in [0.29, 0.717) is 42.7 Å². The zero-order chi connectivity index (χ0) is 31.2. The van der Waals surface area contributed by atoms with E-state index in [4.69, 9.17) is 9.47 Å². The number of pyridine rings is 2. The highest BCUT2D eigenvalue weighted by molar-refractivity contribution is 7.89. The summed E-state index contributed by atoms with van der Waals surface area (Å²) in [4.78, 5) is 16.3. The first-order valence-corrected chi connectivity index (χ1v) is 15.2. The summed E-state index contributed by atoms with van der Waals surface area (Å²) in [5.74, 6) is -2.66. The summed E-state index contributed by atoms with van der Waals surface area (Å²) in [5, 5.41) is 17.4. The largest absolute Gasteiger partial charge is 0.593 e. The van der Waals surface area contributed by atoms with Crippen LogP contribution in [-0.4, -0.2) is 64.9 Å². The molecule has 2 aliphatic rings. The molecule has 0 aliphatic carbocycles. The summed E-state index contributed by atoms with van der Waals surface area (Å²) in [7, 11) is 0. The Kier molecular flexibility index (Phi) is 8.26. The van der Waals surface area contributed by atoms with E-state index < -0.39 is 46.9 Å². The number of halogens is 3. The molecular weight excluding hydrogens is 599 g/mol. The molecule has 0 saturated carbocycles. The van der Waals surface area contributed by atoms with Crippen LogP contribution in [0.4, 0.5) is 13.2 Å². The van der Waals surface area contributed by atoms with Gasteiger partial charge in [0.05, 0.1) is 50.3 Å². The van der Waals surface area contributed by atoms with E-state index in [0.717, 1.165) is 17.3 Å². The summed E-state index contributed by atoms with van der Waals surface area (Å²) in [6.07, 6.45) is 0.468. The van der Waals surface area contributed by atoms with Crippen LogP contribution in [0.25, 0.3) is 5.65 Å². The molecule has 5 heterocycles. The first-order valence-electron chi connectivity index (χ1n) is 14.1. The molecule has 10 nitrogen and oxygen atoms in total. The van der Waals surface area contributed by atoms with Gasteiger partial charge in [0.2, 0.25) is 10.7 Å². The van der Waals surface area contributed by atoms with Crippen molar-refractivity contribution in [1.29, 1.82) is 0 Å². The standard InChI is InChI=1S/C30H30F3N5O5S/c1-17-3-4-19(23(13-25(39)40)22-5-8-38-27(18(22)2)35-36-28(38)26(32)33)11-20(17)15-37-16-30(6-9-42-10-7-30)43-29-24(44(37)41)12-21(31)14-34-29/h3-5,8,11-12,14,23,26H,6-7,9-10,13,15-16H2,1-2H3,(H,39,40). The Balaban J connectivity index is 1.38. The van der Waals surface area contributed by atoms with Crippen LogP contribution in [0.5, 0.6) is 5.88 Å². The molecule has 1 N–H and O–H groups in total. The molecule has 0 radical (unpaired) electrons. The van der Waals surface area contributed by atoms with Crippen molar-refractivity contribution >= 4 is 23.0 Å². The average molecular weight is 630 g/mol. The second kappa shape index (κ2) is 12.0. The van der Waals surface area contributed by atoms with Crippen molar-refractivity contribution in [3.05, 3.63) is 82.2 Å². The summed E-state index contributed by atoms with van der Waals surface area (Å²) in [5.41, 5.74) is 3.01. The number of hydrogen-bond donors (Lipinski definition) is 1. The molecule has 2 unspecified atom stereocenters. The van der Waals surface area contributed by atoms with Crippen LogP contribution < -0.4 is 4.74 Å². The van der Waals surface area contributed by atoms with Crippen molar-refractivity contribution in [2.45, 2.75) is 62.5 Å². The molecule has 1 spiro atoms. The van der Waals surface area contributed by atoms with Crippen LogP contribution >= 0.6 is 0 Å². The fourth-order valence-electron chi connectivity index (χ4n) is 5.98. The number of benzene rings is 1. The third-order valence-corrected chi connectivity index (χ3v) is 9.75. The summed E-state index contributed by atoms with van der Waals surface area (Å²) in [6.45, 7) is 5.00. The van der Waals surface area contributed by atoms with E-state index in [1.165, 1.54) is 16.7 Å². The lowest BCUT2D eigenvalue weighted by atomic mass is 9.85. The van der Waals surface area contributed by atoms with Gasteiger partial charge in [-0.1, -0.05) is 18.2 Å². The van der Waals surface area contributed by atoms with Crippen molar-refractivity contribution in [2.24, 2.45) is 0 Å². The predicted octanol–water partition coefficient (Wildman–Crippen LogP) is 4.89. The van der Waals surface area contributed by atoms with Gasteiger partial charge < -0.3 is 19.1 Å². The molecule has 6 rings (SSSR count). The zero-order valence-corrected chi connectivity index (χ0v) is 24.8. The Hall–Kier alpha value is -3.72. The monoisotopic (exact) mass is 629 g/mol. The highest BCUT2D eigenvalue weighted by atomic mass is 32.2. The Morgan fingerprint density at radius 3 is 2.68 bits per heavy atom. The van der Waals surface area contributed by atoms with Crippen molar-refractivity contribution < 1.29 is 37.1 Å². The molecule has 2 atom stereocenters. The number of aryl methyl sites for hydroxylation is 2. The molecule has 2 aliphatic heterocycles. The van der Waals surface area contributed by atoms with Crippen LogP contribution in [0.2, 0.25) is 0 Å². The van der Waals surface area contributed by atoms with Gasteiger partial charge in [0.15, 0.2) is 5.65 Å². The fraction of sp³-hybridized carbons (Fsp3) is 0.400. The lowest BCUT2D eigenvalue weighted by molar-refractivity contribution is -0.137. The SMILES string of the molecule is Cc1ccc(C(CC(=O)O)c2ccn3c(C(F)F)nnc3c2C)cc1CN1CC2(CCOCC2)Oc2ncc(F)cc2[S+]1[O-]. The predicted molar refractivity (Wildman–Crippen MR) is 152 cm³/mol. The second-order valence-corrected chi connectivity index (χ2v) is 12.6. The highest BCUT2D eigenvalue weighted by Crippen LogP contribution is 2.39. The van der Waals surface area contributed by atoms with Gasteiger partial charge >= 0.3 is 5.97 Å². The van der Waals surface area contributed by atoms with Gasteiger partial charge in [-0.25, -0.2) is 18.2 Å². The van der Waals surface area contributed by atoms with E-state index in [2.05, 4.69) is 15.2 Å². The van der Waals surface area contributed by atoms with Crippen LogP contribution in [-0.2, 0) is 27.4 Å². The van der Waals surface area contributed by atoms with Gasteiger partial charge in [-0.15, -0.1) is 14.5 Å². The number of hydrogen-bond acceptors (Lipinski definition) is 8. The normalized spacial score (nSPS) is 19.1. The van der Waals surface area contributed by atoms with E-state index >= 15 is 0 Å². The Morgan fingerprint density at radius 1 is 1.18 bits per heavy atom. The number of fused-ring (bicyclic) bond motifs is 2. The van der Waals surface area contributed by atoms with Gasteiger partial charge in [-0.05, 0) is 47.7 Å². The molecule has 14 heteroatoms. The maximum Gasteiger partial charge on any atom is 0.304 e. The smallest absolute Gasteiger partial charge is 0.304 e. The van der Waals surface area contributed by atoms with E-state index in [1.807, 2.05) is 25.1 Å². The summed E-state index contributed by atoms with van der Waals surface area (Å²) >= 11 is -1.81. The molecular formula is C30H30F3N5O5S. The maximum atomic E-state index is 14.2. The molecule has 232 valence electrons. The first-order chi connectivity index (χ1) is 21.0. The minimum atomic E-state index is -2.82. The van der Waals surface area contributed by atoms with Gasteiger partial charge in [0.1, 0.15) is 11.4 Å². The number of alkyl halides is 2. The number of carboxylic acid groups (broad SMARTS) is 1. The molecule has 1 saturated heterocycles. The van der Waals surface area contributed by atoms with Crippen LogP contribution in [0.3, 0.4) is 0 Å². The molecule has 4 aromatic rings. The molecule has 3 aromatic heterocycles. The van der Waals surface area contributed by atoms with Crippen LogP contribution in [0.15, 0.2) is 47.6 Å². The second-order valence-electron chi connectivity index (χ2n) is 11.2. The quantitative estimate of drug-likeness (QED) is 0.285. The number of nitrogens with zero attached hydrogens (tertiary/aromatic N) is 5. The number of rotatable bonds is 7. The lowest BCUT2D eigenvalue weighted by Crippen LogP contribution is -2.50. The fourth-order valence-corrected chi connectivity index (χ4v) is 7.32. The molecule has 0 bridgehead atoms. The van der Waals surface area contributed by atoms with Gasteiger partial charge in [-0.2, -0.15) is 0 Å². The van der Waals surface area contributed by atoms with E-state index in [1.54, 1.807) is 17.3 Å². The third-order valence-electron chi connectivity index (χ3n) is 8.35. The van der Waals surface area contributed by atoms with Crippen molar-refractivity contribution in [3.63, 3.8) is 0 Å². The highest BCUT2D eigenvalue weighted by Gasteiger charge is 2.46. The minimum absolute atomic E-state index is 0.135. The average Bonchev–Trinajstić information content (AvgIpc) is 3.40. The molecule has 1 fully saturated rings. The number of aliphatic carboxylic acids is 1. The van der Waals surface area contributed by atoms with Crippen molar-refractivity contribution in [3.8, 4) is 5.88 Å². The van der Waals surface area contributed by atoms with Crippen molar-refractivity contribution in [1.82, 2.24) is 23.9 Å². The minimum Gasteiger partial charge on any atom is -0.593 e. The maximum absolute atomic E-state index is 14.2. The van der Waals surface area contributed by atoms with E-state index in [9.17, 15) is 27.6 Å². The number of ether oxygens (including phenoxy) is 2. The first kappa shape index (κ1) is 30.3. The summed E-state index contributed by atoms with van der Waals surface area (Å²) < 4.78 is 69.9. The van der Waals surface area contributed by atoms with Crippen LogP contribution in [0, 0.1) is 19.7 Å². The third kappa shape index (κ3) is 5.74. The lowest BCUT2D eigenvalue weighted by Gasteiger charge is -2.37. The summed E-state index contributed by atoms with van der Waals surface area (Å²) in [6, 6.07) is 8.39. The number of carboxylic acids is 1. The van der Waals surface area contributed by atoms with E-state index in [-0.39, 0.29) is 35.9 Å². The Bertz CT molecular complexity index is 1710.